The predicted molar refractivity (Wildman–Crippen MR) is 78.9 cm³/mol. The number of hydrogen-bond acceptors (Lipinski definition) is 4. The summed E-state index contributed by atoms with van der Waals surface area (Å²) in [5.41, 5.74) is 5.72. The molecule has 5 nitrogen and oxygen atoms in total. The van der Waals surface area contributed by atoms with Crippen molar-refractivity contribution < 1.29 is 18.7 Å². The first-order valence-electron chi connectivity index (χ1n) is 6.77. The van der Waals surface area contributed by atoms with E-state index >= 15 is 0 Å². The van der Waals surface area contributed by atoms with Crippen LogP contribution in [0.3, 0.4) is 0 Å². The van der Waals surface area contributed by atoms with E-state index in [0.29, 0.717) is 12.0 Å². The van der Waals surface area contributed by atoms with Gasteiger partial charge in [-0.15, -0.1) is 0 Å². The Labute approximate surface area is 124 Å². The van der Waals surface area contributed by atoms with Crippen LogP contribution in [0.15, 0.2) is 18.2 Å². The highest BCUT2D eigenvalue weighted by Gasteiger charge is 2.20. The molecule has 1 amide bonds. The Kier molecular flexibility index (Phi) is 5.96. The summed E-state index contributed by atoms with van der Waals surface area (Å²) in [5, 5.41) is 2.68. The molecule has 0 aliphatic heterocycles. The van der Waals surface area contributed by atoms with Crippen LogP contribution in [-0.4, -0.2) is 31.4 Å². The van der Waals surface area contributed by atoms with Gasteiger partial charge in [0.05, 0.1) is 7.11 Å². The van der Waals surface area contributed by atoms with Crippen molar-refractivity contribution in [2.24, 2.45) is 5.73 Å². The van der Waals surface area contributed by atoms with Gasteiger partial charge in [0, 0.05) is 12.6 Å². The van der Waals surface area contributed by atoms with Crippen LogP contribution in [0, 0.1) is 5.82 Å². The Morgan fingerprint density at radius 1 is 1.43 bits per heavy atom. The number of rotatable bonds is 5. The zero-order valence-electron chi connectivity index (χ0n) is 12.9. The molecule has 118 valence electrons. The minimum Gasteiger partial charge on any atom is -0.493 e. The molecular formula is C15H23FN2O3. The Bertz CT molecular complexity index is 486. The van der Waals surface area contributed by atoms with Gasteiger partial charge in [0.25, 0.3) is 0 Å². The smallest absolute Gasteiger partial charge is 0.407 e. The minimum absolute atomic E-state index is 0.168. The van der Waals surface area contributed by atoms with Crippen LogP contribution in [0.1, 0.15) is 26.3 Å². The second kappa shape index (κ2) is 7.26. The quantitative estimate of drug-likeness (QED) is 0.874. The van der Waals surface area contributed by atoms with Crippen LogP contribution in [0.25, 0.3) is 0 Å². The molecule has 6 heteroatoms. The number of para-hydroxylation sites is 1. The Morgan fingerprint density at radius 2 is 2.10 bits per heavy atom. The van der Waals surface area contributed by atoms with Gasteiger partial charge in [-0.2, -0.15) is 0 Å². The van der Waals surface area contributed by atoms with Gasteiger partial charge in [0.2, 0.25) is 0 Å². The molecule has 1 atom stereocenters. The zero-order valence-corrected chi connectivity index (χ0v) is 12.9. The summed E-state index contributed by atoms with van der Waals surface area (Å²) in [4.78, 5) is 11.7. The van der Waals surface area contributed by atoms with E-state index in [1.165, 1.54) is 13.2 Å². The third kappa shape index (κ3) is 5.59. The van der Waals surface area contributed by atoms with E-state index in [1.54, 1.807) is 32.9 Å². The molecule has 0 heterocycles. The van der Waals surface area contributed by atoms with Crippen LogP contribution in [0.2, 0.25) is 0 Å². The van der Waals surface area contributed by atoms with Crippen LogP contribution in [0.5, 0.6) is 5.75 Å². The highest BCUT2D eigenvalue weighted by Crippen LogP contribution is 2.23. The Morgan fingerprint density at radius 3 is 2.62 bits per heavy atom. The predicted octanol–water partition coefficient (Wildman–Crippen LogP) is 2.23. The van der Waals surface area contributed by atoms with E-state index in [9.17, 15) is 9.18 Å². The first-order valence-corrected chi connectivity index (χ1v) is 6.77. The monoisotopic (exact) mass is 298 g/mol. The van der Waals surface area contributed by atoms with Crippen LogP contribution >= 0.6 is 0 Å². The molecule has 0 aliphatic carbocycles. The fourth-order valence-electron chi connectivity index (χ4n) is 1.88. The third-order valence-electron chi connectivity index (χ3n) is 2.72. The number of benzene rings is 1. The average Bonchev–Trinajstić information content (AvgIpc) is 2.36. The summed E-state index contributed by atoms with van der Waals surface area (Å²) in [6.45, 7) is 5.54. The lowest BCUT2D eigenvalue weighted by Crippen LogP contribution is -2.44. The maximum atomic E-state index is 13.6. The summed E-state index contributed by atoms with van der Waals surface area (Å²) in [6.07, 6.45) is -0.190. The molecule has 1 aromatic rings. The number of methoxy groups -OCH3 is 1. The topological polar surface area (TPSA) is 73.6 Å². The second-order valence-corrected chi connectivity index (χ2v) is 5.72. The van der Waals surface area contributed by atoms with Gasteiger partial charge >= 0.3 is 6.09 Å². The van der Waals surface area contributed by atoms with E-state index in [0.717, 1.165) is 0 Å². The van der Waals surface area contributed by atoms with E-state index in [-0.39, 0.29) is 18.3 Å². The Balaban J connectivity index is 2.75. The molecule has 0 aliphatic rings. The van der Waals surface area contributed by atoms with Crippen molar-refractivity contribution in [3.05, 3.63) is 29.6 Å². The number of halogens is 1. The third-order valence-corrected chi connectivity index (χ3v) is 2.72. The van der Waals surface area contributed by atoms with Crippen molar-refractivity contribution in [1.82, 2.24) is 5.32 Å². The number of hydrogen-bond donors (Lipinski definition) is 2. The van der Waals surface area contributed by atoms with Gasteiger partial charge in [-0.3, -0.25) is 0 Å². The van der Waals surface area contributed by atoms with E-state index in [2.05, 4.69) is 5.32 Å². The first-order chi connectivity index (χ1) is 9.76. The normalized spacial score (nSPS) is 12.7. The number of ether oxygens (including phenoxy) is 2. The van der Waals surface area contributed by atoms with Crippen molar-refractivity contribution in [2.75, 3.05) is 13.7 Å². The molecule has 0 radical (unpaired) electrons. The molecule has 0 bridgehead atoms. The van der Waals surface area contributed by atoms with E-state index < -0.39 is 17.5 Å². The molecule has 1 unspecified atom stereocenters. The molecule has 21 heavy (non-hydrogen) atoms. The summed E-state index contributed by atoms with van der Waals surface area (Å²) in [7, 11) is 1.40. The van der Waals surface area contributed by atoms with E-state index in [1.807, 2.05) is 0 Å². The summed E-state index contributed by atoms with van der Waals surface area (Å²) in [5.74, 6) is -0.273. The molecule has 0 spiro atoms. The number of amides is 1. The highest BCUT2D eigenvalue weighted by atomic mass is 19.1. The SMILES string of the molecule is COc1c(F)cccc1CC(CN)NC(=O)OC(C)(C)C. The lowest BCUT2D eigenvalue weighted by atomic mass is 10.0. The van der Waals surface area contributed by atoms with Crippen molar-refractivity contribution >= 4 is 6.09 Å². The summed E-state index contributed by atoms with van der Waals surface area (Å²) < 4.78 is 23.8. The van der Waals surface area contributed by atoms with Gasteiger partial charge in [-0.05, 0) is 38.8 Å². The van der Waals surface area contributed by atoms with Crippen molar-refractivity contribution in [2.45, 2.75) is 38.8 Å². The van der Waals surface area contributed by atoms with Crippen molar-refractivity contribution in [3.63, 3.8) is 0 Å². The molecule has 0 saturated carbocycles. The lowest BCUT2D eigenvalue weighted by Gasteiger charge is -2.23. The molecular weight excluding hydrogens is 275 g/mol. The van der Waals surface area contributed by atoms with Crippen LogP contribution < -0.4 is 15.8 Å². The first kappa shape index (κ1) is 17.2. The van der Waals surface area contributed by atoms with Gasteiger partial charge in [-0.25, -0.2) is 9.18 Å². The second-order valence-electron chi connectivity index (χ2n) is 5.72. The van der Waals surface area contributed by atoms with Crippen LogP contribution in [0.4, 0.5) is 9.18 Å². The van der Waals surface area contributed by atoms with E-state index in [4.69, 9.17) is 15.2 Å². The minimum atomic E-state index is -0.584. The lowest BCUT2D eigenvalue weighted by molar-refractivity contribution is 0.0505. The number of alkyl carbamates (subject to hydrolysis) is 1. The largest absolute Gasteiger partial charge is 0.493 e. The van der Waals surface area contributed by atoms with Gasteiger partial charge in [-0.1, -0.05) is 12.1 Å². The summed E-state index contributed by atoms with van der Waals surface area (Å²) in [6, 6.07) is 4.28. The van der Waals surface area contributed by atoms with Crippen LogP contribution in [-0.2, 0) is 11.2 Å². The number of nitrogens with one attached hydrogen (secondary N) is 1. The highest BCUT2D eigenvalue weighted by molar-refractivity contribution is 5.68. The van der Waals surface area contributed by atoms with Gasteiger partial charge in [0.1, 0.15) is 5.60 Å². The van der Waals surface area contributed by atoms with Gasteiger partial charge < -0.3 is 20.5 Å². The van der Waals surface area contributed by atoms with Crippen molar-refractivity contribution in [1.29, 1.82) is 0 Å². The fourth-order valence-corrected chi connectivity index (χ4v) is 1.88. The van der Waals surface area contributed by atoms with Gasteiger partial charge in [0.15, 0.2) is 11.6 Å². The number of carbonyl (C=O) groups is 1. The molecule has 0 saturated heterocycles. The number of nitrogens with two attached hydrogens (primary N) is 1. The molecule has 0 aromatic heterocycles. The molecule has 0 fully saturated rings. The average molecular weight is 298 g/mol. The maximum Gasteiger partial charge on any atom is 0.407 e. The summed E-state index contributed by atoms with van der Waals surface area (Å²) >= 11 is 0. The molecule has 1 aromatic carbocycles. The fraction of sp³-hybridized carbons (Fsp3) is 0.533. The van der Waals surface area contributed by atoms with Crippen molar-refractivity contribution in [3.8, 4) is 5.75 Å². The maximum absolute atomic E-state index is 13.6. The standard InChI is InChI=1S/C15H23FN2O3/c1-15(2,3)21-14(19)18-11(9-17)8-10-6-5-7-12(16)13(10)20-4/h5-7,11H,8-9,17H2,1-4H3,(H,18,19). The molecule has 1 rings (SSSR count). The number of carbonyl (C=O) groups excluding carboxylic acids is 1. The Hall–Kier alpha value is -1.82. The zero-order chi connectivity index (χ0) is 16.0. The molecule has 3 N–H and O–H groups in total.